The topological polar surface area (TPSA) is 61.8 Å². The summed E-state index contributed by atoms with van der Waals surface area (Å²) < 4.78 is 40.2. The molecule has 20 heavy (non-hydrogen) atoms. The lowest BCUT2D eigenvalue weighted by Crippen LogP contribution is -2.54. The van der Waals surface area contributed by atoms with Gasteiger partial charge < -0.3 is 9.05 Å². The highest BCUT2D eigenvalue weighted by molar-refractivity contribution is 9.09. The molecule has 1 aliphatic rings. The molecule has 1 heterocycles. The van der Waals surface area contributed by atoms with Crippen molar-refractivity contribution >= 4 is 32.4 Å². The monoisotopic (exact) mass is 390 g/mol. The zero-order valence-corrected chi connectivity index (χ0v) is 16.1. The van der Waals surface area contributed by atoms with Gasteiger partial charge in [-0.25, -0.2) is 4.31 Å². The van der Waals surface area contributed by atoms with Crippen LogP contribution in [0, 0.1) is 5.92 Å². The van der Waals surface area contributed by atoms with E-state index in [2.05, 4.69) is 15.9 Å². The molecule has 120 valence electrons. The first-order chi connectivity index (χ1) is 9.43. The Hall–Kier alpha value is 0.820. The fourth-order valence-electron chi connectivity index (χ4n) is 3.12. The first-order valence-electron chi connectivity index (χ1n) is 7.13. The van der Waals surface area contributed by atoms with Crippen LogP contribution in [0.5, 0.6) is 0 Å². The summed E-state index contributed by atoms with van der Waals surface area (Å²) in [5.41, 5.74) is -1.18. The van der Waals surface area contributed by atoms with Crippen molar-refractivity contribution in [3.05, 3.63) is 0 Å². The van der Waals surface area contributed by atoms with Gasteiger partial charge in [-0.15, -0.1) is 0 Å². The van der Waals surface area contributed by atoms with Crippen LogP contribution in [0.25, 0.3) is 0 Å². The van der Waals surface area contributed by atoms with Crippen molar-refractivity contribution in [2.45, 2.75) is 64.6 Å². The molecule has 1 saturated heterocycles. The Morgan fingerprint density at radius 3 is 1.50 bits per heavy atom. The van der Waals surface area contributed by atoms with Gasteiger partial charge in [-0.3, -0.25) is 9.13 Å². The molecule has 2 atom stereocenters. The molecule has 0 amide bonds. The number of hydrogen-bond acceptors (Lipinski definition) is 5. The Kier molecular flexibility index (Phi) is 7.45. The molecule has 0 bridgehead atoms. The molecular weight excluding hydrogens is 366 g/mol. The quantitative estimate of drug-likeness (QED) is 0.490. The molecule has 1 rings (SSSR count). The molecule has 1 aliphatic heterocycles. The summed E-state index contributed by atoms with van der Waals surface area (Å²) >= 11 is 3.54. The lowest BCUT2D eigenvalue weighted by atomic mass is 9.71. The van der Waals surface area contributed by atoms with E-state index in [1.165, 1.54) is 0 Å². The minimum atomic E-state index is -2.80. The second-order valence-corrected chi connectivity index (χ2v) is 7.93. The van der Waals surface area contributed by atoms with Crippen LogP contribution in [0.2, 0.25) is 0 Å². The van der Waals surface area contributed by atoms with Gasteiger partial charge in [0.25, 0.3) is 0 Å². The second kappa shape index (κ2) is 7.89. The molecule has 0 saturated carbocycles. The number of hydrogen-bond donors (Lipinski definition) is 0. The van der Waals surface area contributed by atoms with E-state index in [0.717, 1.165) is 0 Å². The first kappa shape index (κ1) is 18.9. The highest BCUT2D eigenvalue weighted by Gasteiger charge is 2.52. The van der Waals surface area contributed by atoms with E-state index in [0.29, 0.717) is 31.0 Å². The van der Waals surface area contributed by atoms with Crippen LogP contribution >= 0.6 is 32.4 Å². The first-order valence-corrected chi connectivity index (χ1v) is 10.7. The summed E-state index contributed by atoms with van der Waals surface area (Å²) in [6.45, 7) is 8.04. The summed E-state index contributed by atoms with van der Waals surface area (Å²) in [4.78, 5) is 0. The lowest BCUT2D eigenvalue weighted by Gasteiger charge is -2.49. The average molecular weight is 391 g/mol. The van der Waals surface area contributed by atoms with E-state index in [9.17, 15) is 9.13 Å². The summed E-state index contributed by atoms with van der Waals surface area (Å²) in [5.74, 6) is -0.0354. The fourth-order valence-corrected chi connectivity index (χ4v) is 6.70. The maximum atomic E-state index is 11.9. The SMILES string of the molecule is CCC1(CC)O[PH](=O)O[PH](=O)OC(CC)(CC)C1CBr. The standard InChI is InChI=1S/C12H25BrO5P2/c1-5-11(6-2)10(9-13)12(7-3,8-4)17-20(15)18-19(14)16-11/h10,19-20H,5-9H2,1-4H3. The molecule has 8 heteroatoms. The zero-order valence-electron chi connectivity index (χ0n) is 12.5. The zero-order chi connectivity index (χ0) is 15.4. The predicted octanol–water partition coefficient (Wildman–Crippen LogP) is 4.96. The van der Waals surface area contributed by atoms with Gasteiger partial charge in [0.15, 0.2) is 0 Å². The predicted molar refractivity (Wildman–Crippen MR) is 85.2 cm³/mol. The van der Waals surface area contributed by atoms with Gasteiger partial charge >= 0.3 is 16.5 Å². The van der Waals surface area contributed by atoms with Crippen molar-refractivity contribution in [1.82, 2.24) is 0 Å². The third-order valence-corrected chi connectivity index (χ3v) is 7.69. The molecule has 0 spiro atoms. The molecule has 0 N–H and O–H groups in total. The average Bonchev–Trinajstić information content (AvgIpc) is 2.43. The van der Waals surface area contributed by atoms with Gasteiger partial charge in [-0.05, 0) is 25.7 Å². The van der Waals surface area contributed by atoms with Crippen molar-refractivity contribution in [2.24, 2.45) is 5.92 Å². The van der Waals surface area contributed by atoms with Gasteiger partial charge in [0, 0.05) is 11.2 Å². The van der Waals surface area contributed by atoms with Crippen LogP contribution < -0.4 is 0 Å². The minimum Gasteiger partial charge on any atom is -0.303 e. The third kappa shape index (κ3) is 3.59. The highest BCUT2D eigenvalue weighted by atomic mass is 79.9. The smallest absolute Gasteiger partial charge is 0.303 e. The molecule has 0 aliphatic carbocycles. The van der Waals surface area contributed by atoms with Crippen molar-refractivity contribution in [3.8, 4) is 0 Å². The molecule has 0 aromatic rings. The molecule has 0 radical (unpaired) electrons. The van der Waals surface area contributed by atoms with Gasteiger partial charge in [0.05, 0.1) is 11.2 Å². The van der Waals surface area contributed by atoms with E-state index < -0.39 is 27.7 Å². The van der Waals surface area contributed by atoms with Crippen molar-refractivity contribution < 1.29 is 22.5 Å². The maximum Gasteiger partial charge on any atom is 0.326 e. The van der Waals surface area contributed by atoms with E-state index >= 15 is 0 Å². The molecule has 0 aromatic carbocycles. The number of halogens is 1. The highest BCUT2D eigenvalue weighted by Crippen LogP contribution is 2.56. The van der Waals surface area contributed by atoms with Crippen molar-refractivity contribution in [3.63, 3.8) is 0 Å². The number of rotatable bonds is 5. The molecular formula is C12H25BrO5P2. The number of alkyl halides is 1. The summed E-state index contributed by atoms with van der Waals surface area (Å²) in [6.07, 6.45) is 2.80. The Bertz CT molecular complexity index is 337. The van der Waals surface area contributed by atoms with Crippen molar-refractivity contribution in [2.75, 3.05) is 5.33 Å². The second-order valence-electron chi connectivity index (χ2n) is 5.06. The summed E-state index contributed by atoms with van der Waals surface area (Å²) in [5, 5.41) is 0.640. The Morgan fingerprint density at radius 2 is 1.25 bits per heavy atom. The molecule has 5 nitrogen and oxygen atoms in total. The Balaban J connectivity index is 3.35. The van der Waals surface area contributed by atoms with E-state index in [4.69, 9.17) is 13.4 Å². The Morgan fingerprint density at radius 1 is 0.900 bits per heavy atom. The maximum absolute atomic E-state index is 11.9. The normalized spacial score (nSPS) is 33.4. The summed E-state index contributed by atoms with van der Waals surface area (Å²) in [6, 6.07) is 0. The molecule has 2 unspecified atom stereocenters. The van der Waals surface area contributed by atoms with Gasteiger partial charge in [-0.1, -0.05) is 43.6 Å². The lowest BCUT2D eigenvalue weighted by molar-refractivity contribution is -0.105. The van der Waals surface area contributed by atoms with Crippen LogP contribution in [-0.4, -0.2) is 16.5 Å². The van der Waals surface area contributed by atoms with Crippen LogP contribution in [0.3, 0.4) is 0 Å². The van der Waals surface area contributed by atoms with Crippen LogP contribution in [-0.2, 0) is 22.5 Å². The summed E-state index contributed by atoms with van der Waals surface area (Å²) in [7, 11) is -5.60. The van der Waals surface area contributed by atoms with Crippen LogP contribution in [0.15, 0.2) is 0 Å². The Labute approximate surface area is 131 Å². The van der Waals surface area contributed by atoms with E-state index in [1.54, 1.807) is 0 Å². The molecule has 1 fully saturated rings. The minimum absolute atomic E-state index is 0.0354. The third-order valence-electron chi connectivity index (χ3n) is 4.56. The fraction of sp³-hybridized carbons (Fsp3) is 1.00. The van der Waals surface area contributed by atoms with E-state index in [-0.39, 0.29) is 5.92 Å². The molecule has 0 aromatic heterocycles. The van der Waals surface area contributed by atoms with Crippen LogP contribution in [0.1, 0.15) is 53.4 Å². The van der Waals surface area contributed by atoms with Crippen LogP contribution in [0.4, 0.5) is 0 Å². The van der Waals surface area contributed by atoms with Crippen molar-refractivity contribution in [1.29, 1.82) is 0 Å². The van der Waals surface area contributed by atoms with E-state index in [1.807, 2.05) is 27.7 Å². The largest absolute Gasteiger partial charge is 0.326 e. The van der Waals surface area contributed by atoms with Gasteiger partial charge in [-0.2, -0.15) is 0 Å². The van der Waals surface area contributed by atoms with Gasteiger partial charge in [0.1, 0.15) is 0 Å². The van der Waals surface area contributed by atoms with Gasteiger partial charge in [0.2, 0.25) is 0 Å².